The van der Waals surface area contributed by atoms with Gasteiger partial charge in [-0.25, -0.2) is 0 Å². The molecule has 2 aromatic rings. The zero-order chi connectivity index (χ0) is 16.7. The van der Waals surface area contributed by atoms with E-state index in [1.165, 1.54) is 0 Å². The van der Waals surface area contributed by atoms with Crippen molar-refractivity contribution >= 4 is 17.5 Å². The number of nitrogens with one attached hydrogen (secondary N) is 1. The van der Waals surface area contributed by atoms with E-state index in [2.05, 4.69) is 5.32 Å². The molecule has 0 aliphatic rings. The first kappa shape index (κ1) is 17.2. The minimum atomic E-state index is -0.986. The van der Waals surface area contributed by atoms with Crippen molar-refractivity contribution < 1.29 is 14.3 Å². The van der Waals surface area contributed by atoms with E-state index in [0.717, 1.165) is 5.75 Å². The molecule has 0 aliphatic heterocycles. The van der Waals surface area contributed by atoms with Crippen LogP contribution in [0.1, 0.15) is 13.8 Å². The predicted octanol–water partition coefficient (Wildman–Crippen LogP) is 3.69. The molecule has 2 rings (SSSR count). The number of amides is 1. The van der Waals surface area contributed by atoms with E-state index in [-0.39, 0.29) is 5.91 Å². The van der Waals surface area contributed by atoms with E-state index in [1.807, 2.05) is 30.3 Å². The van der Waals surface area contributed by atoms with Crippen molar-refractivity contribution in [2.24, 2.45) is 0 Å². The van der Waals surface area contributed by atoms with Crippen LogP contribution < -0.4 is 14.8 Å². The Kier molecular flexibility index (Phi) is 5.88. The number of ether oxygens (including phenoxy) is 2. The lowest BCUT2D eigenvalue weighted by molar-refractivity contribution is -0.134. The smallest absolute Gasteiger partial charge is 0.263 e. The van der Waals surface area contributed by atoms with E-state index < -0.39 is 5.60 Å². The van der Waals surface area contributed by atoms with Crippen LogP contribution in [0.2, 0.25) is 5.02 Å². The van der Waals surface area contributed by atoms with Gasteiger partial charge in [-0.1, -0.05) is 29.8 Å². The highest BCUT2D eigenvalue weighted by Gasteiger charge is 2.29. The van der Waals surface area contributed by atoms with Crippen LogP contribution in [0, 0.1) is 0 Å². The van der Waals surface area contributed by atoms with Gasteiger partial charge in [0.15, 0.2) is 5.60 Å². The van der Waals surface area contributed by atoms with Crippen LogP contribution >= 0.6 is 11.6 Å². The normalized spacial score (nSPS) is 10.9. The maximum atomic E-state index is 12.2. The van der Waals surface area contributed by atoms with Gasteiger partial charge in [0.25, 0.3) is 5.91 Å². The molecule has 23 heavy (non-hydrogen) atoms. The molecule has 5 heteroatoms. The second kappa shape index (κ2) is 7.88. The SMILES string of the molecule is CC(C)(Oc1ccc(Cl)cc1)C(=O)NCCOc1ccccc1. The lowest BCUT2D eigenvalue weighted by Crippen LogP contribution is -2.47. The predicted molar refractivity (Wildman–Crippen MR) is 91.1 cm³/mol. The summed E-state index contributed by atoms with van der Waals surface area (Å²) in [6.07, 6.45) is 0. The van der Waals surface area contributed by atoms with E-state index in [1.54, 1.807) is 38.1 Å². The van der Waals surface area contributed by atoms with Gasteiger partial charge in [-0.05, 0) is 50.2 Å². The molecular formula is C18H20ClNO3. The van der Waals surface area contributed by atoms with Crippen LogP contribution in [0.5, 0.6) is 11.5 Å². The maximum absolute atomic E-state index is 12.2. The summed E-state index contributed by atoms with van der Waals surface area (Å²) in [6, 6.07) is 16.4. The largest absolute Gasteiger partial charge is 0.492 e. The molecule has 122 valence electrons. The first-order valence-corrected chi connectivity index (χ1v) is 7.76. The van der Waals surface area contributed by atoms with Gasteiger partial charge in [-0.2, -0.15) is 0 Å². The van der Waals surface area contributed by atoms with Crippen molar-refractivity contribution in [2.45, 2.75) is 19.4 Å². The first-order valence-electron chi connectivity index (χ1n) is 7.38. The molecular weight excluding hydrogens is 314 g/mol. The quantitative estimate of drug-likeness (QED) is 0.786. The summed E-state index contributed by atoms with van der Waals surface area (Å²) in [4.78, 5) is 12.2. The monoisotopic (exact) mass is 333 g/mol. The Bertz CT molecular complexity index is 626. The molecule has 1 N–H and O–H groups in total. The van der Waals surface area contributed by atoms with E-state index >= 15 is 0 Å². The fourth-order valence-electron chi connectivity index (χ4n) is 1.91. The highest BCUT2D eigenvalue weighted by molar-refractivity contribution is 6.30. The Hall–Kier alpha value is -2.20. The molecule has 0 saturated carbocycles. The van der Waals surface area contributed by atoms with E-state index in [0.29, 0.717) is 23.9 Å². The maximum Gasteiger partial charge on any atom is 0.263 e. The summed E-state index contributed by atoms with van der Waals surface area (Å²) in [5.74, 6) is 1.16. The lowest BCUT2D eigenvalue weighted by atomic mass is 10.1. The van der Waals surface area contributed by atoms with Crippen molar-refractivity contribution in [1.29, 1.82) is 0 Å². The number of halogens is 1. The lowest BCUT2D eigenvalue weighted by Gasteiger charge is -2.25. The fourth-order valence-corrected chi connectivity index (χ4v) is 2.03. The molecule has 0 fully saturated rings. The molecule has 0 spiro atoms. The number of rotatable bonds is 7. The zero-order valence-electron chi connectivity index (χ0n) is 13.2. The molecule has 1 amide bonds. The third-order valence-electron chi connectivity index (χ3n) is 3.13. The second-order valence-corrected chi connectivity index (χ2v) is 5.92. The van der Waals surface area contributed by atoms with Crippen molar-refractivity contribution in [3.05, 3.63) is 59.6 Å². The summed E-state index contributed by atoms with van der Waals surface area (Å²) >= 11 is 5.83. The molecule has 0 heterocycles. The Labute approximate surface area is 141 Å². The van der Waals surface area contributed by atoms with Crippen molar-refractivity contribution in [3.63, 3.8) is 0 Å². The fraction of sp³-hybridized carbons (Fsp3) is 0.278. The van der Waals surface area contributed by atoms with Crippen molar-refractivity contribution in [3.8, 4) is 11.5 Å². The van der Waals surface area contributed by atoms with E-state index in [4.69, 9.17) is 21.1 Å². The topological polar surface area (TPSA) is 47.6 Å². The number of hydrogen-bond donors (Lipinski definition) is 1. The highest BCUT2D eigenvalue weighted by Crippen LogP contribution is 2.21. The first-order chi connectivity index (χ1) is 11.0. The van der Waals surface area contributed by atoms with Crippen LogP contribution in [0.15, 0.2) is 54.6 Å². The van der Waals surface area contributed by atoms with Crippen LogP contribution in [0.3, 0.4) is 0 Å². The summed E-state index contributed by atoms with van der Waals surface area (Å²) in [7, 11) is 0. The summed E-state index contributed by atoms with van der Waals surface area (Å²) < 4.78 is 11.3. The third kappa shape index (κ3) is 5.49. The Balaban J connectivity index is 1.78. The van der Waals surface area contributed by atoms with Gasteiger partial charge in [0, 0.05) is 5.02 Å². The van der Waals surface area contributed by atoms with Gasteiger partial charge in [-0.3, -0.25) is 4.79 Å². The van der Waals surface area contributed by atoms with Gasteiger partial charge in [0.2, 0.25) is 0 Å². The second-order valence-electron chi connectivity index (χ2n) is 5.48. The van der Waals surface area contributed by atoms with Crippen LogP contribution in [0.25, 0.3) is 0 Å². The molecule has 0 radical (unpaired) electrons. The van der Waals surface area contributed by atoms with Gasteiger partial charge < -0.3 is 14.8 Å². The Morgan fingerprint density at radius 3 is 2.35 bits per heavy atom. The summed E-state index contributed by atoms with van der Waals surface area (Å²) in [5, 5.41) is 3.43. The number of benzene rings is 2. The third-order valence-corrected chi connectivity index (χ3v) is 3.38. The minimum Gasteiger partial charge on any atom is -0.492 e. The zero-order valence-corrected chi connectivity index (χ0v) is 14.0. The molecule has 0 saturated heterocycles. The molecule has 0 unspecified atom stereocenters. The van der Waals surface area contributed by atoms with Crippen LogP contribution in [-0.2, 0) is 4.79 Å². The summed E-state index contributed by atoms with van der Waals surface area (Å²) in [5.41, 5.74) is -0.986. The standard InChI is InChI=1S/C18H20ClNO3/c1-18(2,23-16-10-8-14(19)9-11-16)17(21)20-12-13-22-15-6-4-3-5-7-15/h3-11H,12-13H2,1-2H3,(H,20,21). The average Bonchev–Trinajstić information content (AvgIpc) is 2.54. The van der Waals surface area contributed by atoms with Crippen molar-refractivity contribution in [1.82, 2.24) is 5.32 Å². The Morgan fingerprint density at radius 2 is 1.70 bits per heavy atom. The van der Waals surface area contributed by atoms with Crippen LogP contribution in [0.4, 0.5) is 0 Å². The molecule has 2 aromatic carbocycles. The van der Waals surface area contributed by atoms with Gasteiger partial charge in [0.05, 0.1) is 6.54 Å². The average molecular weight is 334 g/mol. The van der Waals surface area contributed by atoms with Crippen molar-refractivity contribution in [2.75, 3.05) is 13.2 Å². The number of carbonyl (C=O) groups excluding carboxylic acids is 1. The minimum absolute atomic E-state index is 0.205. The molecule has 0 aliphatic carbocycles. The molecule has 0 aromatic heterocycles. The van der Waals surface area contributed by atoms with Gasteiger partial charge in [-0.15, -0.1) is 0 Å². The number of carbonyl (C=O) groups is 1. The molecule has 4 nitrogen and oxygen atoms in total. The van der Waals surface area contributed by atoms with E-state index in [9.17, 15) is 4.79 Å². The summed E-state index contributed by atoms with van der Waals surface area (Å²) in [6.45, 7) is 4.23. The molecule has 0 bridgehead atoms. The molecule has 0 atom stereocenters. The van der Waals surface area contributed by atoms with Crippen LogP contribution in [-0.4, -0.2) is 24.7 Å². The number of para-hydroxylation sites is 1. The highest BCUT2D eigenvalue weighted by atomic mass is 35.5. The Morgan fingerprint density at radius 1 is 1.04 bits per heavy atom. The van der Waals surface area contributed by atoms with Gasteiger partial charge in [0.1, 0.15) is 18.1 Å². The van der Waals surface area contributed by atoms with Gasteiger partial charge >= 0.3 is 0 Å². The number of hydrogen-bond acceptors (Lipinski definition) is 3.